The molecule has 0 saturated carbocycles. The summed E-state index contributed by atoms with van der Waals surface area (Å²) in [5, 5.41) is 6.08. The predicted molar refractivity (Wildman–Crippen MR) is 143 cm³/mol. The fraction of sp³-hybridized carbons (Fsp3) is 0.194. The number of hydrogen-bond donors (Lipinski definition) is 2. The van der Waals surface area contributed by atoms with Gasteiger partial charge >= 0.3 is 0 Å². The number of carbonyl (C=O) groups is 2. The van der Waals surface area contributed by atoms with Crippen LogP contribution in [0, 0.1) is 0 Å². The van der Waals surface area contributed by atoms with Crippen molar-refractivity contribution < 1.29 is 9.59 Å². The zero-order chi connectivity index (χ0) is 25.2. The van der Waals surface area contributed by atoms with Crippen LogP contribution >= 0.6 is 0 Å². The summed E-state index contributed by atoms with van der Waals surface area (Å²) in [6.45, 7) is 2.96. The van der Waals surface area contributed by atoms with Crippen LogP contribution in [0.4, 0.5) is 0 Å². The zero-order valence-corrected chi connectivity index (χ0v) is 20.5. The van der Waals surface area contributed by atoms with Crippen molar-refractivity contribution in [3.8, 4) is 11.1 Å². The van der Waals surface area contributed by atoms with Gasteiger partial charge in [-0.05, 0) is 46.4 Å². The molecule has 0 saturated heterocycles. The molecule has 36 heavy (non-hydrogen) atoms. The van der Waals surface area contributed by atoms with E-state index in [9.17, 15) is 9.59 Å². The van der Waals surface area contributed by atoms with Crippen LogP contribution in [0.1, 0.15) is 46.4 Å². The number of amides is 2. The van der Waals surface area contributed by atoms with E-state index >= 15 is 0 Å². The van der Waals surface area contributed by atoms with E-state index < -0.39 is 0 Å². The second-order valence-corrected chi connectivity index (χ2v) is 8.82. The van der Waals surface area contributed by atoms with Gasteiger partial charge in [0.05, 0.1) is 0 Å². The topological polar surface area (TPSA) is 71.1 Å². The average Bonchev–Trinajstić information content (AvgIpc) is 2.93. The lowest BCUT2D eigenvalue weighted by molar-refractivity contribution is -0.121. The van der Waals surface area contributed by atoms with Gasteiger partial charge in [0.1, 0.15) is 0 Å². The molecule has 1 heterocycles. The summed E-state index contributed by atoms with van der Waals surface area (Å²) in [6.07, 6.45) is 2.84. The molecule has 4 rings (SSSR count). The molecule has 0 aliphatic carbocycles. The van der Waals surface area contributed by atoms with Crippen molar-refractivity contribution in [2.45, 2.75) is 32.2 Å². The minimum Gasteiger partial charge on any atom is -0.352 e. The predicted octanol–water partition coefficient (Wildman–Crippen LogP) is 5.53. The second kappa shape index (κ2) is 12.5. The number of nitrogens with zero attached hydrogens (tertiary/aromatic N) is 1. The lowest BCUT2D eigenvalue weighted by Crippen LogP contribution is -2.26. The summed E-state index contributed by atoms with van der Waals surface area (Å²) < 4.78 is 0. The number of pyridine rings is 1. The Balaban J connectivity index is 1.42. The molecule has 0 aliphatic rings. The van der Waals surface area contributed by atoms with Crippen LogP contribution < -0.4 is 10.6 Å². The van der Waals surface area contributed by atoms with Gasteiger partial charge in [0.15, 0.2) is 0 Å². The number of nitrogens with one attached hydrogen (secondary N) is 2. The van der Waals surface area contributed by atoms with Gasteiger partial charge in [-0.15, -0.1) is 0 Å². The lowest BCUT2D eigenvalue weighted by Gasteiger charge is -2.16. The molecule has 0 aliphatic heterocycles. The number of benzene rings is 3. The van der Waals surface area contributed by atoms with Gasteiger partial charge in [0.2, 0.25) is 5.91 Å². The van der Waals surface area contributed by atoms with Gasteiger partial charge in [0.25, 0.3) is 5.91 Å². The van der Waals surface area contributed by atoms with E-state index in [0.29, 0.717) is 31.5 Å². The number of rotatable bonds is 10. The standard InChI is InChI=1S/C31H31N3O2/c1-23(24-11-3-2-4-12-24)21-30(35)34-22-25-13-5-6-15-27(25)28-16-7-8-17-29(28)31(36)33-20-18-26-14-9-10-19-32-26/h2-17,19,23H,18,20-22H2,1H3,(H,33,36)(H,34,35)/t23-/m0/s1. The Bertz CT molecular complexity index is 1290. The Morgan fingerprint density at radius 3 is 2.25 bits per heavy atom. The Labute approximate surface area is 212 Å². The molecule has 5 nitrogen and oxygen atoms in total. The van der Waals surface area contributed by atoms with Crippen molar-refractivity contribution in [1.29, 1.82) is 0 Å². The summed E-state index contributed by atoms with van der Waals surface area (Å²) in [7, 11) is 0. The molecule has 1 atom stereocenters. The van der Waals surface area contributed by atoms with Crippen molar-refractivity contribution in [2.24, 2.45) is 0 Å². The third-order valence-corrected chi connectivity index (χ3v) is 6.21. The van der Waals surface area contributed by atoms with E-state index in [1.54, 1.807) is 6.20 Å². The second-order valence-electron chi connectivity index (χ2n) is 8.82. The average molecular weight is 478 g/mol. The summed E-state index contributed by atoms with van der Waals surface area (Å²) in [5.41, 5.74) is 5.44. The summed E-state index contributed by atoms with van der Waals surface area (Å²) in [6, 6.07) is 31.3. The Hall–Kier alpha value is -4.25. The quantitative estimate of drug-likeness (QED) is 0.315. The van der Waals surface area contributed by atoms with Crippen molar-refractivity contribution in [3.63, 3.8) is 0 Å². The number of carbonyl (C=O) groups excluding carboxylic acids is 2. The Kier molecular flexibility index (Phi) is 8.60. The first-order chi connectivity index (χ1) is 17.6. The first-order valence-corrected chi connectivity index (χ1v) is 12.3. The normalized spacial score (nSPS) is 11.5. The summed E-state index contributed by atoms with van der Waals surface area (Å²) in [4.78, 5) is 30.0. The molecular weight excluding hydrogens is 446 g/mol. The van der Waals surface area contributed by atoms with E-state index in [2.05, 4.69) is 22.5 Å². The maximum atomic E-state index is 13.1. The van der Waals surface area contributed by atoms with Crippen molar-refractivity contribution >= 4 is 11.8 Å². The van der Waals surface area contributed by atoms with Crippen LogP contribution in [0.5, 0.6) is 0 Å². The fourth-order valence-corrected chi connectivity index (χ4v) is 4.24. The molecule has 0 spiro atoms. The monoisotopic (exact) mass is 477 g/mol. The maximum Gasteiger partial charge on any atom is 0.251 e. The molecule has 1 aromatic heterocycles. The van der Waals surface area contributed by atoms with E-state index in [4.69, 9.17) is 0 Å². The molecule has 3 aromatic carbocycles. The highest BCUT2D eigenvalue weighted by Crippen LogP contribution is 2.27. The molecule has 0 fully saturated rings. The van der Waals surface area contributed by atoms with Gasteiger partial charge in [-0.1, -0.05) is 85.8 Å². The van der Waals surface area contributed by atoms with Gasteiger partial charge in [-0.2, -0.15) is 0 Å². The van der Waals surface area contributed by atoms with Gasteiger partial charge in [-0.3, -0.25) is 14.6 Å². The fourth-order valence-electron chi connectivity index (χ4n) is 4.24. The minimum atomic E-state index is -0.128. The van der Waals surface area contributed by atoms with E-state index in [-0.39, 0.29) is 17.7 Å². The van der Waals surface area contributed by atoms with Crippen LogP contribution in [-0.2, 0) is 17.8 Å². The van der Waals surface area contributed by atoms with Crippen LogP contribution in [0.2, 0.25) is 0 Å². The maximum absolute atomic E-state index is 13.1. The number of aromatic nitrogens is 1. The molecular formula is C31H31N3O2. The van der Waals surface area contributed by atoms with Crippen molar-refractivity contribution in [3.05, 3.63) is 126 Å². The Morgan fingerprint density at radius 2 is 1.47 bits per heavy atom. The lowest BCUT2D eigenvalue weighted by atomic mass is 9.94. The highest BCUT2D eigenvalue weighted by molar-refractivity contribution is 6.01. The van der Waals surface area contributed by atoms with Crippen LogP contribution in [0.25, 0.3) is 11.1 Å². The molecule has 182 valence electrons. The summed E-state index contributed by atoms with van der Waals surface area (Å²) in [5.74, 6) is 0.00992. The third-order valence-electron chi connectivity index (χ3n) is 6.21. The van der Waals surface area contributed by atoms with E-state index in [0.717, 1.165) is 27.9 Å². The molecule has 2 amide bonds. The molecule has 0 bridgehead atoms. The first-order valence-electron chi connectivity index (χ1n) is 12.3. The first kappa shape index (κ1) is 24.9. The van der Waals surface area contributed by atoms with Crippen molar-refractivity contribution in [1.82, 2.24) is 15.6 Å². The molecule has 5 heteroatoms. The molecule has 4 aromatic rings. The summed E-state index contributed by atoms with van der Waals surface area (Å²) >= 11 is 0. The third kappa shape index (κ3) is 6.66. The van der Waals surface area contributed by atoms with Crippen LogP contribution in [0.15, 0.2) is 103 Å². The Morgan fingerprint density at radius 1 is 0.778 bits per heavy atom. The highest BCUT2D eigenvalue weighted by atomic mass is 16.2. The largest absolute Gasteiger partial charge is 0.352 e. The smallest absolute Gasteiger partial charge is 0.251 e. The SMILES string of the molecule is C[C@@H](CC(=O)NCc1ccccc1-c1ccccc1C(=O)NCCc1ccccn1)c1ccccc1. The van der Waals surface area contributed by atoms with Gasteiger partial charge in [0, 0.05) is 43.4 Å². The molecule has 2 N–H and O–H groups in total. The highest BCUT2D eigenvalue weighted by Gasteiger charge is 2.16. The van der Waals surface area contributed by atoms with Crippen molar-refractivity contribution in [2.75, 3.05) is 6.54 Å². The van der Waals surface area contributed by atoms with Crippen LogP contribution in [0.3, 0.4) is 0 Å². The number of hydrogen-bond acceptors (Lipinski definition) is 3. The molecule has 0 radical (unpaired) electrons. The van der Waals surface area contributed by atoms with Gasteiger partial charge in [-0.25, -0.2) is 0 Å². The molecule has 0 unspecified atom stereocenters. The van der Waals surface area contributed by atoms with E-state index in [1.165, 1.54) is 0 Å². The van der Waals surface area contributed by atoms with Gasteiger partial charge < -0.3 is 10.6 Å². The minimum absolute atomic E-state index is 0.00158. The zero-order valence-electron chi connectivity index (χ0n) is 20.5. The van der Waals surface area contributed by atoms with E-state index in [1.807, 2.05) is 97.1 Å². The van der Waals surface area contributed by atoms with Crippen LogP contribution in [-0.4, -0.2) is 23.3 Å².